The lowest BCUT2D eigenvalue weighted by atomic mass is 10.1. The Hall–Kier alpha value is -1.46. The Balaban J connectivity index is 2.76. The number of hydrogen-bond donors (Lipinski definition) is 3. The van der Waals surface area contributed by atoms with Crippen molar-refractivity contribution < 1.29 is 15.0 Å². The van der Waals surface area contributed by atoms with Gasteiger partial charge in [0.1, 0.15) is 0 Å². The number of amides is 1. The summed E-state index contributed by atoms with van der Waals surface area (Å²) >= 11 is 0. The standard InChI is InChI=1S/C11H16N2O3/c1-7-3-4-12-5-9(7)11(16)13-10(6-14)8(2)15/h3-5,8,10,14-15H,6H2,1-2H3,(H,13,16)/t8-,10-/m1/s1. The number of aliphatic hydroxyl groups excluding tert-OH is 2. The molecule has 1 aromatic heterocycles. The van der Waals surface area contributed by atoms with E-state index < -0.39 is 12.1 Å². The summed E-state index contributed by atoms with van der Waals surface area (Å²) in [6, 6.07) is 1.07. The molecule has 1 amide bonds. The van der Waals surface area contributed by atoms with Crippen molar-refractivity contribution in [2.75, 3.05) is 6.61 Å². The van der Waals surface area contributed by atoms with Crippen molar-refractivity contribution in [2.45, 2.75) is 26.0 Å². The van der Waals surface area contributed by atoms with Crippen LogP contribution in [0, 0.1) is 6.92 Å². The van der Waals surface area contributed by atoms with Crippen LogP contribution in [-0.4, -0.2) is 39.9 Å². The first-order chi connectivity index (χ1) is 7.56. The van der Waals surface area contributed by atoms with Gasteiger partial charge in [-0.15, -0.1) is 0 Å². The molecule has 0 saturated carbocycles. The SMILES string of the molecule is Cc1ccncc1C(=O)N[C@H](CO)[C@@H](C)O. The first kappa shape index (κ1) is 12.6. The van der Waals surface area contributed by atoms with E-state index in [-0.39, 0.29) is 12.5 Å². The van der Waals surface area contributed by atoms with E-state index in [2.05, 4.69) is 10.3 Å². The molecule has 5 heteroatoms. The molecular weight excluding hydrogens is 208 g/mol. The molecule has 5 nitrogen and oxygen atoms in total. The first-order valence-electron chi connectivity index (χ1n) is 5.06. The third kappa shape index (κ3) is 3.01. The number of aliphatic hydroxyl groups is 2. The predicted molar refractivity (Wildman–Crippen MR) is 59.0 cm³/mol. The van der Waals surface area contributed by atoms with E-state index in [1.165, 1.54) is 13.1 Å². The van der Waals surface area contributed by atoms with Crippen molar-refractivity contribution in [2.24, 2.45) is 0 Å². The molecule has 0 bridgehead atoms. The number of rotatable bonds is 4. The molecule has 16 heavy (non-hydrogen) atoms. The van der Waals surface area contributed by atoms with Crippen molar-refractivity contribution in [1.82, 2.24) is 10.3 Å². The van der Waals surface area contributed by atoms with Gasteiger partial charge in [-0.05, 0) is 25.5 Å². The lowest BCUT2D eigenvalue weighted by Gasteiger charge is -2.19. The zero-order valence-electron chi connectivity index (χ0n) is 9.34. The number of aryl methyl sites for hydroxylation is 1. The largest absolute Gasteiger partial charge is 0.394 e. The second-order valence-corrected chi connectivity index (χ2v) is 3.69. The van der Waals surface area contributed by atoms with Crippen molar-refractivity contribution in [1.29, 1.82) is 0 Å². The van der Waals surface area contributed by atoms with Crippen molar-refractivity contribution in [3.8, 4) is 0 Å². The van der Waals surface area contributed by atoms with Crippen LogP contribution in [0.3, 0.4) is 0 Å². The molecule has 0 aliphatic heterocycles. The predicted octanol–water partition coefficient (Wildman–Crippen LogP) is -0.138. The normalized spacial score (nSPS) is 14.2. The molecule has 0 fully saturated rings. The second-order valence-electron chi connectivity index (χ2n) is 3.69. The van der Waals surface area contributed by atoms with Crippen LogP contribution in [0.1, 0.15) is 22.8 Å². The Labute approximate surface area is 94.1 Å². The van der Waals surface area contributed by atoms with Gasteiger partial charge in [-0.3, -0.25) is 9.78 Å². The molecule has 1 heterocycles. The third-order valence-corrected chi connectivity index (χ3v) is 2.38. The Bertz CT molecular complexity index is 366. The van der Waals surface area contributed by atoms with E-state index in [0.717, 1.165) is 5.56 Å². The number of hydrogen-bond acceptors (Lipinski definition) is 4. The quantitative estimate of drug-likeness (QED) is 0.665. The highest BCUT2D eigenvalue weighted by atomic mass is 16.3. The zero-order chi connectivity index (χ0) is 12.1. The molecule has 0 aromatic carbocycles. The molecule has 1 rings (SSSR count). The van der Waals surface area contributed by atoms with Crippen molar-refractivity contribution >= 4 is 5.91 Å². The maximum atomic E-state index is 11.8. The molecule has 2 atom stereocenters. The van der Waals surface area contributed by atoms with Crippen LogP contribution in [0.15, 0.2) is 18.5 Å². The summed E-state index contributed by atoms with van der Waals surface area (Å²) < 4.78 is 0. The third-order valence-electron chi connectivity index (χ3n) is 2.38. The fraction of sp³-hybridized carbons (Fsp3) is 0.455. The van der Waals surface area contributed by atoms with Crippen molar-refractivity contribution in [3.05, 3.63) is 29.6 Å². The number of aromatic nitrogens is 1. The molecule has 0 saturated heterocycles. The number of nitrogens with zero attached hydrogens (tertiary/aromatic N) is 1. The van der Waals surface area contributed by atoms with Gasteiger partial charge in [0.25, 0.3) is 5.91 Å². The van der Waals surface area contributed by atoms with Crippen LogP contribution in [0.4, 0.5) is 0 Å². The van der Waals surface area contributed by atoms with E-state index in [1.807, 2.05) is 0 Å². The van der Waals surface area contributed by atoms with Gasteiger partial charge in [-0.25, -0.2) is 0 Å². The lowest BCUT2D eigenvalue weighted by Crippen LogP contribution is -2.44. The minimum Gasteiger partial charge on any atom is -0.394 e. The topological polar surface area (TPSA) is 82.5 Å². The molecule has 0 aliphatic rings. The Morgan fingerprint density at radius 2 is 2.31 bits per heavy atom. The zero-order valence-corrected chi connectivity index (χ0v) is 9.34. The first-order valence-corrected chi connectivity index (χ1v) is 5.06. The highest BCUT2D eigenvalue weighted by molar-refractivity contribution is 5.95. The van der Waals surface area contributed by atoms with Crippen LogP contribution >= 0.6 is 0 Å². The van der Waals surface area contributed by atoms with Crippen LogP contribution in [0.25, 0.3) is 0 Å². The van der Waals surface area contributed by atoms with E-state index in [0.29, 0.717) is 5.56 Å². The van der Waals surface area contributed by atoms with Gasteiger partial charge in [-0.2, -0.15) is 0 Å². The molecule has 3 N–H and O–H groups in total. The Morgan fingerprint density at radius 3 is 2.81 bits per heavy atom. The number of carbonyl (C=O) groups excluding carboxylic acids is 1. The molecule has 0 unspecified atom stereocenters. The average Bonchev–Trinajstić information content (AvgIpc) is 2.25. The van der Waals surface area contributed by atoms with E-state index in [1.54, 1.807) is 19.2 Å². The Kier molecular flexibility index (Phi) is 4.39. The molecular formula is C11H16N2O3. The van der Waals surface area contributed by atoms with Crippen LogP contribution < -0.4 is 5.32 Å². The fourth-order valence-electron chi connectivity index (χ4n) is 1.27. The van der Waals surface area contributed by atoms with Gasteiger partial charge >= 0.3 is 0 Å². The van der Waals surface area contributed by atoms with Gasteiger partial charge in [0.05, 0.1) is 24.3 Å². The van der Waals surface area contributed by atoms with Gasteiger partial charge < -0.3 is 15.5 Å². The van der Waals surface area contributed by atoms with Gasteiger partial charge in [0.2, 0.25) is 0 Å². The van der Waals surface area contributed by atoms with E-state index in [4.69, 9.17) is 5.11 Å². The van der Waals surface area contributed by atoms with Gasteiger partial charge in [-0.1, -0.05) is 0 Å². The number of nitrogens with one attached hydrogen (secondary N) is 1. The minimum atomic E-state index is -0.800. The van der Waals surface area contributed by atoms with Crippen LogP contribution in [-0.2, 0) is 0 Å². The summed E-state index contributed by atoms with van der Waals surface area (Å²) in [4.78, 5) is 15.6. The van der Waals surface area contributed by atoms with Gasteiger partial charge in [0.15, 0.2) is 0 Å². The summed E-state index contributed by atoms with van der Waals surface area (Å²) in [5.74, 6) is -0.342. The smallest absolute Gasteiger partial charge is 0.253 e. The Morgan fingerprint density at radius 1 is 1.62 bits per heavy atom. The fourth-order valence-corrected chi connectivity index (χ4v) is 1.27. The maximum Gasteiger partial charge on any atom is 0.253 e. The minimum absolute atomic E-state index is 0.303. The summed E-state index contributed by atoms with van der Waals surface area (Å²) in [6.45, 7) is 3.01. The summed E-state index contributed by atoms with van der Waals surface area (Å²) in [7, 11) is 0. The van der Waals surface area contributed by atoms with E-state index in [9.17, 15) is 9.90 Å². The highest BCUT2D eigenvalue weighted by Crippen LogP contribution is 2.05. The monoisotopic (exact) mass is 224 g/mol. The lowest BCUT2D eigenvalue weighted by molar-refractivity contribution is 0.0757. The second kappa shape index (κ2) is 5.58. The maximum absolute atomic E-state index is 11.8. The summed E-state index contributed by atoms with van der Waals surface area (Å²) in [5, 5.41) is 20.8. The number of carbonyl (C=O) groups is 1. The van der Waals surface area contributed by atoms with E-state index >= 15 is 0 Å². The highest BCUT2D eigenvalue weighted by Gasteiger charge is 2.18. The molecule has 88 valence electrons. The molecule has 0 aliphatic carbocycles. The van der Waals surface area contributed by atoms with Crippen molar-refractivity contribution in [3.63, 3.8) is 0 Å². The molecule has 0 spiro atoms. The molecule has 0 radical (unpaired) electrons. The average molecular weight is 224 g/mol. The van der Waals surface area contributed by atoms with Gasteiger partial charge in [0, 0.05) is 12.4 Å². The molecule has 1 aromatic rings. The van der Waals surface area contributed by atoms with Crippen LogP contribution in [0.5, 0.6) is 0 Å². The van der Waals surface area contributed by atoms with Crippen LogP contribution in [0.2, 0.25) is 0 Å². The number of pyridine rings is 1. The summed E-state index contributed by atoms with van der Waals surface area (Å²) in [5.41, 5.74) is 1.25. The summed E-state index contributed by atoms with van der Waals surface area (Å²) in [6.07, 6.45) is 2.26.